The third kappa shape index (κ3) is 3.35. The molecule has 0 aliphatic heterocycles. The van der Waals surface area contributed by atoms with Crippen molar-refractivity contribution in [3.05, 3.63) is 29.3 Å². The maximum absolute atomic E-state index is 10.2. The maximum atomic E-state index is 10.2. The molecule has 0 radical (unpaired) electrons. The minimum absolute atomic E-state index is 0.370. The zero-order chi connectivity index (χ0) is 12.0. The van der Waals surface area contributed by atoms with Gasteiger partial charge in [0.15, 0.2) is 0 Å². The third-order valence-electron chi connectivity index (χ3n) is 2.51. The first-order chi connectivity index (χ1) is 7.69. The molecular formula is C13H19NO2. The molecule has 1 rings (SSSR count). The van der Waals surface area contributed by atoms with Crippen LogP contribution < -0.4 is 10.1 Å². The first-order valence-corrected chi connectivity index (χ1v) is 5.50. The summed E-state index contributed by atoms with van der Waals surface area (Å²) in [7, 11) is 1.66. The molecule has 0 amide bonds. The Hall–Kier alpha value is -1.35. The van der Waals surface area contributed by atoms with Crippen molar-refractivity contribution in [2.24, 2.45) is 0 Å². The molecule has 0 atom stereocenters. The van der Waals surface area contributed by atoms with Crippen LogP contribution in [-0.2, 0) is 11.3 Å². The van der Waals surface area contributed by atoms with E-state index in [2.05, 4.69) is 31.3 Å². The van der Waals surface area contributed by atoms with Crippen LogP contribution in [0.2, 0.25) is 0 Å². The number of hydrogen-bond donors (Lipinski definition) is 1. The number of methoxy groups -OCH3 is 1. The predicted molar refractivity (Wildman–Crippen MR) is 64.9 cm³/mol. The second-order valence-electron chi connectivity index (χ2n) is 4.02. The number of nitrogens with one attached hydrogen (secondary N) is 1. The van der Waals surface area contributed by atoms with Crippen molar-refractivity contribution in [3.63, 3.8) is 0 Å². The monoisotopic (exact) mass is 221 g/mol. The molecule has 3 heteroatoms. The first kappa shape index (κ1) is 12.7. The van der Waals surface area contributed by atoms with Gasteiger partial charge in [0.1, 0.15) is 12.0 Å². The van der Waals surface area contributed by atoms with Crippen LogP contribution in [0, 0.1) is 0 Å². The highest BCUT2D eigenvalue weighted by atomic mass is 16.5. The topological polar surface area (TPSA) is 38.3 Å². The Morgan fingerprint density at radius 1 is 1.44 bits per heavy atom. The normalized spacial score (nSPS) is 10.5. The fraction of sp³-hybridized carbons (Fsp3) is 0.462. The second kappa shape index (κ2) is 6.28. The van der Waals surface area contributed by atoms with Gasteiger partial charge in [0.2, 0.25) is 0 Å². The van der Waals surface area contributed by atoms with Crippen LogP contribution in [0.25, 0.3) is 0 Å². The van der Waals surface area contributed by atoms with E-state index in [9.17, 15) is 4.79 Å². The van der Waals surface area contributed by atoms with Crippen molar-refractivity contribution in [1.82, 2.24) is 5.32 Å². The summed E-state index contributed by atoms with van der Waals surface area (Å²) in [6, 6.07) is 6.18. The highest BCUT2D eigenvalue weighted by Crippen LogP contribution is 2.23. The lowest BCUT2D eigenvalue weighted by atomic mass is 10.0. The summed E-state index contributed by atoms with van der Waals surface area (Å²) in [5, 5.41) is 3.04. The molecule has 16 heavy (non-hydrogen) atoms. The Labute approximate surface area is 96.8 Å². The van der Waals surface area contributed by atoms with E-state index >= 15 is 0 Å². The lowest BCUT2D eigenvalue weighted by Crippen LogP contribution is -2.16. The van der Waals surface area contributed by atoms with Gasteiger partial charge < -0.3 is 14.8 Å². The zero-order valence-corrected chi connectivity index (χ0v) is 10.1. The molecule has 0 aromatic heterocycles. The van der Waals surface area contributed by atoms with Gasteiger partial charge in [0.25, 0.3) is 0 Å². The second-order valence-corrected chi connectivity index (χ2v) is 4.02. The Balaban J connectivity index is 2.84. The van der Waals surface area contributed by atoms with E-state index in [1.165, 1.54) is 5.56 Å². The van der Waals surface area contributed by atoms with Crippen LogP contribution in [0.1, 0.15) is 30.9 Å². The Bertz CT molecular complexity index is 348. The largest absolute Gasteiger partial charge is 0.496 e. The quantitative estimate of drug-likeness (QED) is 0.590. The minimum atomic E-state index is 0.370. The number of aldehydes is 1. The van der Waals surface area contributed by atoms with Crippen LogP contribution in [0.15, 0.2) is 18.2 Å². The van der Waals surface area contributed by atoms with Gasteiger partial charge in [-0.15, -0.1) is 0 Å². The maximum Gasteiger partial charge on any atom is 0.133 e. The number of rotatable bonds is 6. The number of ether oxygens (including phenoxy) is 1. The van der Waals surface area contributed by atoms with Gasteiger partial charge in [-0.3, -0.25) is 0 Å². The van der Waals surface area contributed by atoms with Crippen molar-refractivity contribution in [1.29, 1.82) is 0 Å². The zero-order valence-electron chi connectivity index (χ0n) is 10.1. The van der Waals surface area contributed by atoms with Gasteiger partial charge in [0, 0.05) is 12.1 Å². The van der Waals surface area contributed by atoms with E-state index in [0.717, 1.165) is 17.6 Å². The van der Waals surface area contributed by atoms with Gasteiger partial charge in [-0.2, -0.15) is 0 Å². The lowest BCUT2D eigenvalue weighted by molar-refractivity contribution is -0.107. The molecule has 1 N–H and O–H groups in total. The molecule has 0 aliphatic carbocycles. The van der Waals surface area contributed by atoms with E-state index in [1.54, 1.807) is 7.11 Å². The van der Waals surface area contributed by atoms with Gasteiger partial charge in [-0.25, -0.2) is 0 Å². The SMILES string of the molecule is COc1ccc(C(C)C)cc1CNCC=O. The molecule has 88 valence electrons. The average molecular weight is 221 g/mol. The van der Waals surface area contributed by atoms with Gasteiger partial charge in [-0.05, 0) is 17.5 Å². The molecule has 0 saturated carbocycles. The molecule has 0 fully saturated rings. The van der Waals surface area contributed by atoms with E-state index < -0.39 is 0 Å². The standard InChI is InChI=1S/C13H19NO2/c1-10(2)11-4-5-13(16-3)12(8-11)9-14-6-7-15/h4-5,7-8,10,14H,6,9H2,1-3H3. The van der Waals surface area contributed by atoms with E-state index in [-0.39, 0.29) is 0 Å². The molecule has 0 spiro atoms. The van der Waals surface area contributed by atoms with Crippen molar-refractivity contribution >= 4 is 6.29 Å². The van der Waals surface area contributed by atoms with Crippen molar-refractivity contribution in [2.75, 3.05) is 13.7 Å². The van der Waals surface area contributed by atoms with E-state index in [0.29, 0.717) is 19.0 Å². The number of carbonyl (C=O) groups is 1. The smallest absolute Gasteiger partial charge is 0.133 e. The van der Waals surface area contributed by atoms with Crippen LogP contribution >= 0.6 is 0 Å². The van der Waals surface area contributed by atoms with Gasteiger partial charge >= 0.3 is 0 Å². The summed E-state index contributed by atoms with van der Waals surface area (Å²) in [5.74, 6) is 1.36. The number of carbonyl (C=O) groups excluding carboxylic acids is 1. The van der Waals surface area contributed by atoms with E-state index in [4.69, 9.17) is 4.74 Å². The van der Waals surface area contributed by atoms with Gasteiger partial charge in [-0.1, -0.05) is 26.0 Å². The molecule has 0 bridgehead atoms. The molecule has 1 aromatic rings. The Morgan fingerprint density at radius 2 is 2.19 bits per heavy atom. The Morgan fingerprint density at radius 3 is 2.75 bits per heavy atom. The fourth-order valence-corrected chi connectivity index (χ4v) is 1.56. The molecule has 0 heterocycles. The molecule has 0 aliphatic rings. The van der Waals surface area contributed by atoms with Gasteiger partial charge in [0.05, 0.1) is 13.7 Å². The summed E-state index contributed by atoms with van der Waals surface area (Å²) in [6.45, 7) is 5.34. The highest BCUT2D eigenvalue weighted by Gasteiger charge is 2.06. The third-order valence-corrected chi connectivity index (χ3v) is 2.51. The predicted octanol–water partition coefficient (Wildman–Crippen LogP) is 2.11. The molecule has 0 unspecified atom stereocenters. The van der Waals surface area contributed by atoms with Crippen molar-refractivity contribution < 1.29 is 9.53 Å². The highest BCUT2D eigenvalue weighted by molar-refractivity contribution is 5.52. The summed E-state index contributed by atoms with van der Waals surface area (Å²) in [4.78, 5) is 10.2. The Kier molecular flexibility index (Phi) is 4.99. The molecule has 3 nitrogen and oxygen atoms in total. The summed E-state index contributed by atoms with van der Waals surface area (Å²) in [5.41, 5.74) is 2.37. The molecular weight excluding hydrogens is 202 g/mol. The average Bonchev–Trinajstić information content (AvgIpc) is 2.29. The summed E-state index contributed by atoms with van der Waals surface area (Å²) in [6.07, 6.45) is 0.860. The van der Waals surface area contributed by atoms with Crippen LogP contribution in [-0.4, -0.2) is 19.9 Å². The fourth-order valence-electron chi connectivity index (χ4n) is 1.56. The minimum Gasteiger partial charge on any atom is -0.496 e. The number of benzene rings is 1. The number of hydrogen-bond acceptors (Lipinski definition) is 3. The molecule has 1 aromatic carbocycles. The summed E-state index contributed by atoms with van der Waals surface area (Å²) < 4.78 is 5.28. The van der Waals surface area contributed by atoms with Crippen molar-refractivity contribution in [2.45, 2.75) is 26.3 Å². The van der Waals surface area contributed by atoms with Crippen LogP contribution in [0.5, 0.6) is 5.75 Å². The van der Waals surface area contributed by atoms with E-state index in [1.807, 2.05) is 6.07 Å². The van der Waals surface area contributed by atoms with Crippen molar-refractivity contribution in [3.8, 4) is 5.75 Å². The van der Waals surface area contributed by atoms with Crippen LogP contribution in [0.3, 0.4) is 0 Å². The summed E-state index contributed by atoms with van der Waals surface area (Å²) >= 11 is 0. The lowest BCUT2D eigenvalue weighted by Gasteiger charge is -2.12. The van der Waals surface area contributed by atoms with Crippen LogP contribution in [0.4, 0.5) is 0 Å². The first-order valence-electron chi connectivity index (χ1n) is 5.50. The molecule has 0 saturated heterocycles.